The summed E-state index contributed by atoms with van der Waals surface area (Å²) in [7, 11) is 1.61. The van der Waals surface area contributed by atoms with Crippen LogP contribution in [0.25, 0.3) is 0 Å². The molecule has 3 nitrogen and oxygen atoms in total. The molecule has 0 heterocycles. The van der Waals surface area contributed by atoms with Gasteiger partial charge in [0.1, 0.15) is 5.75 Å². The lowest BCUT2D eigenvalue weighted by Crippen LogP contribution is -2.06. The summed E-state index contributed by atoms with van der Waals surface area (Å²) < 4.78 is 5.08. The number of allylic oxidation sites excluding steroid dienone is 1. The lowest BCUT2D eigenvalue weighted by molar-refractivity contribution is -0.137. The molecule has 0 spiro atoms. The van der Waals surface area contributed by atoms with Crippen LogP contribution < -0.4 is 4.74 Å². The molecule has 1 N–H and O–H groups in total. The Labute approximate surface area is 102 Å². The highest BCUT2D eigenvalue weighted by molar-refractivity contribution is 5.68. The van der Waals surface area contributed by atoms with Crippen LogP contribution in [0, 0.1) is 0 Å². The van der Waals surface area contributed by atoms with Crippen molar-refractivity contribution >= 4 is 5.97 Å². The minimum absolute atomic E-state index is 0.0383. The molecule has 0 radical (unpaired) electrons. The maximum absolute atomic E-state index is 10.8. The Morgan fingerprint density at radius 3 is 2.59 bits per heavy atom. The van der Waals surface area contributed by atoms with Gasteiger partial charge in [-0.3, -0.25) is 4.79 Å². The first-order valence-electron chi connectivity index (χ1n) is 5.64. The lowest BCUT2D eigenvalue weighted by atomic mass is 9.91. The number of hydrogen-bond donors (Lipinski definition) is 1. The normalized spacial score (nSPS) is 11.8. The Morgan fingerprint density at radius 2 is 2.12 bits per heavy atom. The number of carboxylic acid groups (broad SMARTS) is 1. The van der Waals surface area contributed by atoms with Crippen LogP contribution in [-0.4, -0.2) is 18.2 Å². The molecule has 0 saturated heterocycles. The number of ether oxygens (including phenoxy) is 1. The van der Waals surface area contributed by atoms with E-state index in [4.69, 9.17) is 9.84 Å². The van der Waals surface area contributed by atoms with Crippen molar-refractivity contribution in [2.45, 2.75) is 25.2 Å². The summed E-state index contributed by atoms with van der Waals surface area (Å²) >= 11 is 0. The zero-order valence-corrected chi connectivity index (χ0v) is 10.1. The van der Waals surface area contributed by atoms with Crippen molar-refractivity contribution in [1.82, 2.24) is 0 Å². The van der Waals surface area contributed by atoms with Crippen molar-refractivity contribution in [2.75, 3.05) is 7.11 Å². The van der Waals surface area contributed by atoms with E-state index in [1.165, 1.54) is 0 Å². The second-order valence-corrected chi connectivity index (χ2v) is 3.93. The Bertz CT molecular complexity index is 368. The molecule has 0 aliphatic heterocycles. The SMILES string of the molecule is C=CCC[C@H](CC(=O)O)c1ccc(OC)cc1. The third kappa shape index (κ3) is 4.31. The van der Waals surface area contributed by atoms with Gasteiger partial charge in [0.25, 0.3) is 0 Å². The second-order valence-electron chi connectivity index (χ2n) is 3.93. The third-order valence-corrected chi connectivity index (χ3v) is 2.73. The monoisotopic (exact) mass is 234 g/mol. The van der Waals surface area contributed by atoms with E-state index < -0.39 is 5.97 Å². The van der Waals surface area contributed by atoms with Gasteiger partial charge in [-0.1, -0.05) is 18.2 Å². The molecule has 0 unspecified atom stereocenters. The fraction of sp³-hybridized carbons (Fsp3) is 0.357. The van der Waals surface area contributed by atoms with E-state index >= 15 is 0 Å². The van der Waals surface area contributed by atoms with E-state index in [0.717, 1.165) is 24.2 Å². The van der Waals surface area contributed by atoms with Gasteiger partial charge in [0.2, 0.25) is 0 Å². The molecule has 0 fully saturated rings. The van der Waals surface area contributed by atoms with Crippen molar-refractivity contribution in [2.24, 2.45) is 0 Å². The van der Waals surface area contributed by atoms with Gasteiger partial charge in [-0.25, -0.2) is 0 Å². The molecule has 92 valence electrons. The smallest absolute Gasteiger partial charge is 0.303 e. The average Bonchev–Trinajstić information content (AvgIpc) is 2.34. The van der Waals surface area contributed by atoms with E-state index in [9.17, 15) is 4.79 Å². The molecule has 1 aromatic rings. The molecule has 0 aliphatic carbocycles. The van der Waals surface area contributed by atoms with Crippen LogP contribution in [0.15, 0.2) is 36.9 Å². The summed E-state index contributed by atoms with van der Waals surface area (Å²) in [5.74, 6) is 0.0535. The summed E-state index contributed by atoms with van der Waals surface area (Å²) in [5.41, 5.74) is 1.04. The Morgan fingerprint density at radius 1 is 1.47 bits per heavy atom. The number of rotatable bonds is 7. The Hall–Kier alpha value is -1.77. The molecule has 1 aromatic carbocycles. The quantitative estimate of drug-likeness (QED) is 0.737. The zero-order chi connectivity index (χ0) is 12.7. The summed E-state index contributed by atoms with van der Waals surface area (Å²) in [6, 6.07) is 7.57. The first-order valence-corrected chi connectivity index (χ1v) is 5.64. The maximum atomic E-state index is 10.8. The van der Waals surface area contributed by atoms with Gasteiger partial charge in [-0.05, 0) is 36.5 Å². The first-order chi connectivity index (χ1) is 8.17. The fourth-order valence-electron chi connectivity index (χ4n) is 1.79. The van der Waals surface area contributed by atoms with E-state index in [1.54, 1.807) is 7.11 Å². The molecule has 0 aromatic heterocycles. The first kappa shape index (κ1) is 13.3. The largest absolute Gasteiger partial charge is 0.497 e. The molecule has 0 bridgehead atoms. The summed E-state index contributed by atoms with van der Waals surface area (Å²) in [4.78, 5) is 10.8. The standard InChI is InChI=1S/C14H18O3/c1-3-4-5-12(10-14(15)16)11-6-8-13(17-2)9-7-11/h3,6-9,12H,1,4-5,10H2,2H3,(H,15,16)/t12-/m1/s1. The second kappa shape index (κ2) is 6.74. The van der Waals surface area contributed by atoms with Gasteiger partial charge in [0, 0.05) is 0 Å². The number of hydrogen-bond acceptors (Lipinski definition) is 2. The van der Waals surface area contributed by atoms with Crippen LogP contribution >= 0.6 is 0 Å². The topological polar surface area (TPSA) is 46.5 Å². The van der Waals surface area contributed by atoms with Crippen molar-refractivity contribution in [3.63, 3.8) is 0 Å². The molecule has 0 aliphatic rings. The summed E-state index contributed by atoms with van der Waals surface area (Å²) in [6.45, 7) is 3.67. The minimum atomic E-state index is -0.769. The van der Waals surface area contributed by atoms with Crippen molar-refractivity contribution in [3.8, 4) is 5.75 Å². The Kier molecular flexibility index (Phi) is 5.27. The molecular formula is C14H18O3. The summed E-state index contributed by atoms with van der Waals surface area (Å²) in [6.07, 6.45) is 3.60. The van der Waals surface area contributed by atoms with Crippen LogP contribution in [0.4, 0.5) is 0 Å². The highest BCUT2D eigenvalue weighted by Crippen LogP contribution is 2.26. The third-order valence-electron chi connectivity index (χ3n) is 2.73. The van der Waals surface area contributed by atoms with Crippen LogP contribution in [0.2, 0.25) is 0 Å². The highest BCUT2D eigenvalue weighted by atomic mass is 16.5. The lowest BCUT2D eigenvalue weighted by Gasteiger charge is -2.14. The van der Waals surface area contributed by atoms with Gasteiger partial charge in [-0.15, -0.1) is 6.58 Å². The average molecular weight is 234 g/mol. The number of benzene rings is 1. The van der Waals surface area contributed by atoms with Gasteiger partial charge < -0.3 is 9.84 Å². The number of aliphatic carboxylic acids is 1. The number of carboxylic acids is 1. The molecule has 1 atom stereocenters. The van der Waals surface area contributed by atoms with E-state index in [2.05, 4.69) is 6.58 Å². The molecular weight excluding hydrogens is 216 g/mol. The maximum Gasteiger partial charge on any atom is 0.303 e. The molecule has 17 heavy (non-hydrogen) atoms. The Balaban J connectivity index is 2.78. The van der Waals surface area contributed by atoms with Crippen molar-refractivity contribution < 1.29 is 14.6 Å². The van der Waals surface area contributed by atoms with Gasteiger partial charge in [0.15, 0.2) is 0 Å². The minimum Gasteiger partial charge on any atom is -0.497 e. The number of carbonyl (C=O) groups is 1. The molecule has 0 amide bonds. The van der Waals surface area contributed by atoms with E-state index in [1.807, 2.05) is 30.3 Å². The molecule has 0 saturated carbocycles. The van der Waals surface area contributed by atoms with Gasteiger partial charge in [0.05, 0.1) is 13.5 Å². The zero-order valence-electron chi connectivity index (χ0n) is 10.1. The van der Waals surface area contributed by atoms with Gasteiger partial charge >= 0.3 is 5.97 Å². The molecule has 3 heteroatoms. The predicted molar refractivity (Wildman–Crippen MR) is 67.4 cm³/mol. The van der Waals surface area contributed by atoms with Crippen LogP contribution in [0.5, 0.6) is 5.75 Å². The summed E-state index contributed by atoms with van der Waals surface area (Å²) in [5, 5.41) is 8.89. The highest BCUT2D eigenvalue weighted by Gasteiger charge is 2.14. The van der Waals surface area contributed by atoms with E-state index in [0.29, 0.717) is 0 Å². The van der Waals surface area contributed by atoms with Crippen LogP contribution in [-0.2, 0) is 4.79 Å². The van der Waals surface area contributed by atoms with E-state index in [-0.39, 0.29) is 12.3 Å². The predicted octanol–water partition coefficient (Wildman–Crippen LogP) is 3.22. The van der Waals surface area contributed by atoms with Gasteiger partial charge in [-0.2, -0.15) is 0 Å². The van der Waals surface area contributed by atoms with Crippen molar-refractivity contribution in [3.05, 3.63) is 42.5 Å². The van der Waals surface area contributed by atoms with Crippen LogP contribution in [0.3, 0.4) is 0 Å². The van der Waals surface area contributed by atoms with Crippen molar-refractivity contribution in [1.29, 1.82) is 0 Å². The molecule has 1 rings (SSSR count). The van der Waals surface area contributed by atoms with Crippen LogP contribution in [0.1, 0.15) is 30.7 Å². The fourth-order valence-corrected chi connectivity index (χ4v) is 1.79. The number of methoxy groups -OCH3 is 1.